The van der Waals surface area contributed by atoms with Crippen molar-refractivity contribution in [3.05, 3.63) is 89.0 Å². The van der Waals surface area contributed by atoms with Crippen LogP contribution in [-0.4, -0.2) is 35.0 Å². The van der Waals surface area contributed by atoms with Gasteiger partial charge in [-0.1, -0.05) is 41.7 Å². The van der Waals surface area contributed by atoms with Gasteiger partial charge in [-0.3, -0.25) is 14.5 Å². The molecule has 180 valence electrons. The number of hydrogen-bond donors (Lipinski definition) is 1. The number of benzene rings is 3. The quantitative estimate of drug-likeness (QED) is 0.235. The number of fused-ring (bicyclic) bond motifs is 2. The molecule has 0 spiro atoms. The molecule has 3 aromatic carbocycles. The number of aliphatic hydroxyl groups is 1. The lowest BCUT2D eigenvalue weighted by atomic mass is 9.94. The van der Waals surface area contributed by atoms with Crippen LogP contribution in [0.1, 0.15) is 29.7 Å². The first kappa shape index (κ1) is 22.3. The molecule has 1 amide bonds. The number of ether oxygens (including phenoxy) is 2. The molecular weight excluding hydrogens is 476 g/mol. The molecule has 0 bridgehead atoms. The number of methoxy groups -OCH3 is 1. The van der Waals surface area contributed by atoms with Crippen LogP contribution in [0, 0.1) is 0 Å². The van der Waals surface area contributed by atoms with Crippen molar-refractivity contribution in [3.8, 4) is 11.5 Å². The Bertz CT molecular complexity index is 1560. The molecule has 36 heavy (non-hydrogen) atoms. The summed E-state index contributed by atoms with van der Waals surface area (Å²) in [4.78, 5) is 32.9. The van der Waals surface area contributed by atoms with Gasteiger partial charge in [0.1, 0.15) is 23.4 Å². The molecule has 8 heteroatoms. The van der Waals surface area contributed by atoms with E-state index >= 15 is 0 Å². The van der Waals surface area contributed by atoms with Crippen LogP contribution < -0.4 is 14.4 Å². The zero-order valence-electron chi connectivity index (χ0n) is 19.6. The molecule has 1 fully saturated rings. The molecule has 2 aliphatic heterocycles. The summed E-state index contributed by atoms with van der Waals surface area (Å²) in [5, 5.41) is 11.8. The highest BCUT2D eigenvalue weighted by Gasteiger charge is 2.48. The normalized spacial score (nSPS) is 20.6. The smallest absolute Gasteiger partial charge is 0.301 e. The lowest BCUT2D eigenvalue weighted by Gasteiger charge is -2.23. The summed E-state index contributed by atoms with van der Waals surface area (Å²) in [5.41, 5.74) is 2.86. The maximum atomic E-state index is 13.4. The van der Waals surface area contributed by atoms with Crippen molar-refractivity contribution in [2.24, 2.45) is 0 Å². The van der Waals surface area contributed by atoms with Crippen molar-refractivity contribution < 1.29 is 24.2 Å². The van der Waals surface area contributed by atoms with Crippen LogP contribution >= 0.6 is 11.3 Å². The second kappa shape index (κ2) is 8.49. The van der Waals surface area contributed by atoms with Gasteiger partial charge in [0, 0.05) is 12.0 Å². The second-order valence-electron chi connectivity index (χ2n) is 8.86. The maximum Gasteiger partial charge on any atom is 0.301 e. The largest absolute Gasteiger partial charge is 0.507 e. The molecule has 7 nitrogen and oxygen atoms in total. The average Bonchev–Trinajstić information content (AvgIpc) is 3.55. The molecule has 2 atom stereocenters. The van der Waals surface area contributed by atoms with E-state index in [9.17, 15) is 14.7 Å². The Morgan fingerprint density at radius 2 is 1.92 bits per heavy atom. The van der Waals surface area contributed by atoms with E-state index in [0.29, 0.717) is 33.9 Å². The summed E-state index contributed by atoms with van der Waals surface area (Å²) >= 11 is 1.30. The van der Waals surface area contributed by atoms with E-state index in [1.165, 1.54) is 16.2 Å². The summed E-state index contributed by atoms with van der Waals surface area (Å²) in [6, 6.07) is 19.2. The number of carbonyl (C=O) groups is 2. The Hall–Kier alpha value is -4.17. The van der Waals surface area contributed by atoms with Crippen LogP contribution in [0.15, 0.2) is 72.3 Å². The van der Waals surface area contributed by atoms with Gasteiger partial charge in [-0.25, -0.2) is 4.98 Å². The van der Waals surface area contributed by atoms with E-state index in [0.717, 1.165) is 16.0 Å². The van der Waals surface area contributed by atoms with Gasteiger partial charge in [-0.15, -0.1) is 0 Å². The highest BCUT2D eigenvalue weighted by molar-refractivity contribution is 7.22. The fraction of sp³-hybridized carbons (Fsp3) is 0.179. The van der Waals surface area contributed by atoms with Crippen LogP contribution in [0.25, 0.3) is 16.0 Å². The fourth-order valence-corrected chi connectivity index (χ4v) is 5.85. The van der Waals surface area contributed by atoms with Gasteiger partial charge in [0.15, 0.2) is 5.13 Å². The molecule has 0 aliphatic carbocycles. The number of hydrogen-bond acceptors (Lipinski definition) is 7. The third-order valence-corrected chi connectivity index (χ3v) is 7.54. The number of aliphatic hydroxyl groups excluding tert-OH is 1. The van der Waals surface area contributed by atoms with E-state index in [1.807, 2.05) is 55.5 Å². The average molecular weight is 499 g/mol. The summed E-state index contributed by atoms with van der Waals surface area (Å²) in [5.74, 6) is -0.244. The monoisotopic (exact) mass is 498 g/mol. The molecule has 4 aromatic rings. The molecule has 3 heterocycles. The molecule has 0 radical (unpaired) electrons. The second-order valence-corrected chi connectivity index (χ2v) is 9.87. The van der Waals surface area contributed by atoms with Gasteiger partial charge in [-0.2, -0.15) is 0 Å². The van der Waals surface area contributed by atoms with Crippen LogP contribution in [0.4, 0.5) is 5.13 Å². The minimum atomic E-state index is -0.822. The van der Waals surface area contributed by atoms with Crippen molar-refractivity contribution in [2.45, 2.75) is 25.5 Å². The van der Waals surface area contributed by atoms with E-state index in [4.69, 9.17) is 9.47 Å². The number of carbonyl (C=O) groups excluding carboxylic acids is 2. The maximum absolute atomic E-state index is 13.4. The van der Waals surface area contributed by atoms with Gasteiger partial charge in [0.2, 0.25) is 0 Å². The van der Waals surface area contributed by atoms with Crippen LogP contribution in [-0.2, 0) is 16.0 Å². The van der Waals surface area contributed by atoms with Gasteiger partial charge in [-0.05, 0) is 54.4 Å². The Morgan fingerprint density at radius 1 is 1.11 bits per heavy atom. The van der Waals surface area contributed by atoms with Crippen molar-refractivity contribution in [3.63, 3.8) is 0 Å². The van der Waals surface area contributed by atoms with E-state index < -0.39 is 17.7 Å². The topological polar surface area (TPSA) is 89.0 Å². The summed E-state index contributed by atoms with van der Waals surface area (Å²) < 4.78 is 11.9. The number of anilines is 1. The molecule has 1 saturated heterocycles. The van der Waals surface area contributed by atoms with Crippen molar-refractivity contribution in [1.82, 2.24) is 4.98 Å². The van der Waals surface area contributed by atoms with E-state index in [-0.39, 0.29) is 17.4 Å². The first-order chi connectivity index (χ1) is 17.4. The Balaban J connectivity index is 1.52. The zero-order chi connectivity index (χ0) is 25.0. The number of amides is 1. The number of rotatable bonds is 4. The Kier molecular flexibility index (Phi) is 5.26. The highest BCUT2D eigenvalue weighted by atomic mass is 32.1. The van der Waals surface area contributed by atoms with Crippen molar-refractivity contribution in [1.29, 1.82) is 0 Å². The SMILES string of the molecule is COc1ccc2nc(N3C(=O)C(=O)/C(=C(/O)c4ccc5c(c4)C[C@H](C)O5)[C@@H]3c3ccccc3)sc2c1. The zero-order valence-corrected chi connectivity index (χ0v) is 20.4. The first-order valence-corrected chi connectivity index (χ1v) is 12.4. The summed E-state index contributed by atoms with van der Waals surface area (Å²) in [6.45, 7) is 1.98. The van der Waals surface area contributed by atoms with Gasteiger partial charge in [0.25, 0.3) is 5.78 Å². The molecule has 1 N–H and O–H groups in total. The Labute approximate surface area is 211 Å². The number of thiazole rings is 1. The standard InChI is InChI=1S/C28H22N2O5S/c1-15-12-18-13-17(8-11-21(18)35-15)25(31)23-24(16-6-4-3-5-7-16)30(27(33)26(23)32)28-29-20-10-9-19(34-2)14-22(20)36-28/h3-11,13-15,24,31H,12H2,1-2H3/b25-23+/t15-,24-/m0/s1. The fourth-order valence-electron chi connectivity index (χ4n) is 4.83. The highest BCUT2D eigenvalue weighted by Crippen LogP contribution is 2.45. The van der Waals surface area contributed by atoms with Crippen LogP contribution in [0.3, 0.4) is 0 Å². The Morgan fingerprint density at radius 3 is 2.69 bits per heavy atom. The van der Waals surface area contributed by atoms with E-state index in [2.05, 4.69) is 4.98 Å². The molecule has 6 rings (SSSR count). The lowest BCUT2D eigenvalue weighted by Crippen LogP contribution is -2.29. The predicted molar refractivity (Wildman–Crippen MR) is 138 cm³/mol. The molecule has 0 saturated carbocycles. The summed E-state index contributed by atoms with van der Waals surface area (Å²) in [7, 11) is 1.59. The van der Waals surface area contributed by atoms with Gasteiger partial charge < -0.3 is 14.6 Å². The van der Waals surface area contributed by atoms with E-state index in [1.54, 1.807) is 25.3 Å². The van der Waals surface area contributed by atoms with Crippen LogP contribution in [0.5, 0.6) is 11.5 Å². The molecule has 2 aliphatic rings. The molecular formula is C28H22N2O5S. The summed E-state index contributed by atoms with van der Waals surface area (Å²) in [6.07, 6.45) is 0.757. The number of nitrogens with zero attached hydrogens (tertiary/aromatic N) is 2. The predicted octanol–water partition coefficient (Wildman–Crippen LogP) is 5.25. The molecule has 1 aromatic heterocycles. The third kappa shape index (κ3) is 3.53. The minimum absolute atomic E-state index is 0.0370. The molecule has 0 unspecified atom stereocenters. The minimum Gasteiger partial charge on any atom is -0.507 e. The third-order valence-electron chi connectivity index (χ3n) is 6.52. The first-order valence-electron chi connectivity index (χ1n) is 11.5. The van der Waals surface area contributed by atoms with Gasteiger partial charge >= 0.3 is 5.91 Å². The van der Waals surface area contributed by atoms with Crippen molar-refractivity contribution >= 4 is 44.1 Å². The lowest BCUT2D eigenvalue weighted by molar-refractivity contribution is -0.132. The number of ketones is 1. The van der Waals surface area contributed by atoms with Gasteiger partial charge in [0.05, 0.1) is 28.9 Å². The van der Waals surface area contributed by atoms with Crippen LogP contribution in [0.2, 0.25) is 0 Å². The number of Topliss-reactive ketones (excluding diaryl/α,β-unsaturated/α-hetero) is 1. The number of aromatic nitrogens is 1. The van der Waals surface area contributed by atoms with Crippen molar-refractivity contribution in [2.75, 3.05) is 12.0 Å².